The number of methoxy groups -OCH3 is 1. The van der Waals surface area contributed by atoms with Gasteiger partial charge in [0.1, 0.15) is 11.6 Å². The van der Waals surface area contributed by atoms with Crippen LogP contribution in [0.1, 0.15) is 84.3 Å². The Morgan fingerprint density at radius 2 is 1.73 bits per heavy atom. The van der Waals surface area contributed by atoms with E-state index in [0.29, 0.717) is 18.8 Å². The second-order valence-electron chi connectivity index (χ2n) is 12.8. The zero-order valence-electron chi connectivity index (χ0n) is 24.8. The second-order valence-corrected chi connectivity index (χ2v) is 12.8. The van der Waals surface area contributed by atoms with E-state index in [1.54, 1.807) is 24.3 Å². The molecule has 0 bridgehead atoms. The molecule has 0 saturated carbocycles. The first-order valence-corrected chi connectivity index (χ1v) is 14.0. The number of pyridine rings is 1. The predicted molar refractivity (Wildman–Crippen MR) is 152 cm³/mol. The van der Waals surface area contributed by atoms with Crippen molar-refractivity contribution in [1.82, 2.24) is 9.88 Å². The summed E-state index contributed by atoms with van der Waals surface area (Å²) >= 11 is 0. The van der Waals surface area contributed by atoms with E-state index in [1.165, 1.54) is 0 Å². The van der Waals surface area contributed by atoms with Gasteiger partial charge in [-0.3, -0.25) is 9.69 Å². The quantitative estimate of drug-likeness (QED) is 0.479. The molecule has 0 radical (unpaired) electrons. The monoisotopic (exact) mass is 549 g/mol. The fourth-order valence-electron chi connectivity index (χ4n) is 5.82. The fourth-order valence-corrected chi connectivity index (χ4v) is 5.82. The summed E-state index contributed by atoms with van der Waals surface area (Å²) in [5.74, 6) is -0.000339. The van der Waals surface area contributed by atoms with Gasteiger partial charge in [0.2, 0.25) is 5.88 Å². The van der Waals surface area contributed by atoms with Crippen LogP contribution in [0.5, 0.6) is 5.88 Å². The molecule has 2 fully saturated rings. The van der Waals surface area contributed by atoms with Crippen LogP contribution in [-0.4, -0.2) is 65.5 Å². The number of hydrogen-bond acceptors (Lipinski definition) is 7. The molecule has 40 heavy (non-hydrogen) atoms. The molecule has 4 heterocycles. The highest BCUT2D eigenvalue weighted by Gasteiger charge is 2.60. The van der Waals surface area contributed by atoms with E-state index in [9.17, 15) is 9.59 Å². The molecule has 1 aromatic carbocycles. The Morgan fingerprint density at radius 1 is 1.05 bits per heavy atom. The average molecular weight is 549 g/mol. The summed E-state index contributed by atoms with van der Waals surface area (Å²) in [4.78, 5) is 35.6. The van der Waals surface area contributed by atoms with E-state index >= 15 is 0 Å². The molecule has 10 heteroatoms. The van der Waals surface area contributed by atoms with Crippen molar-refractivity contribution in [3.63, 3.8) is 0 Å². The molecule has 2 amide bonds. The molecule has 2 aromatic rings. The van der Waals surface area contributed by atoms with E-state index in [1.807, 2.05) is 83.7 Å². The van der Waals surface area contributed by atoms with Crippen LogP contribution in [-0.2, 0) is 18.8 Å². The molecular weight excluding hydrogens is 509 g/mol. The fraction of sp³-hybridized carbons (Fsp3) is 0.567. The van der Waals surface area contributed by atoms with Crippen LogP contribution >= 0.6 is 0 Å². The highest BCUT2D eigenvalue weighted by molar-refractivity contribution is 6.48. The largest absolute Gasteiger partial charge is 0.481 e. The van der Waals surface area contributed by atoms with Gasteiger partial charge in [0.15, 0.2) is 0 Å². The van der Waals surface area contributed by atoms with Crippen molar-refractivity contribution in [2.24, 2.45) is 0 Å². The minimum absolute atomic E-state index is 0.157. The van der Waals surface area contributed by atoms with Crippen molar-refractivity contribution in [3.8, 4) is 5.88 Å². The van der Waals surface area contributed by atoms with Gasteiger partial charge >= 0.3 is 13.2 Å². The minimum Gasteiger partial charge on any atom is -0.481 e. The first kappa shape index (κ1) is 28.4. The number of hydrogen-bond donors (Lipinski definition) is 0. The first-order valence-electron chi connectivity index (χ1n) is 14.0. The second kappa shape index (κ2) is 10.1. The van der Waals surface area contributed by atoms with Gasteiger partial charge in [-0.1, -0.05) is 24.3 Å². The summed E-state index contributed by atoms with van der Waals surface area (Å²) < 4.78 is 24.1. The minimum atomic E-state index is -0.660. The number of carbonyl (C=O) groups is 2. The molecule has 214 valence electrons. The van der Waals surface area contributed by atoms with Crippen LogP contribution < -0.4 is 9.64 Å². The highest BCUT2D eigenvalue weighted by Crippen LogP contribution is 2.54. The van der Waals surface area contributed by atoms with Crippen LogP contribution in [0.4, 0.5) is 10.5 Å². The van der Waals surface area contributed by atoms with Gasteiger partial charge in [0, 0.05) is 30.3 Å². The lowest BCUT2D eigenvalue weighted by molar-refractivity contribution is -0.123. The zero-order chi connectivity index (χ0) is 29.0. The third-order valence-electron chi connectivity index (χ3n) is 8.45. The molecule has 0 N–H and O–H groups in total. The van der Waals surface area contributed by atoms with Crippen molar-refractivity contribution in [3.05, 3.63) is 53.7 Å². The third-order valence-corrected chi connectivity index (χ3v) is 8.45. The van der Waals surface area contributed by atoms with Gasteiger partial charge in [0.25, 0.3) is 5.91 Å². The summed E-state index contributed by atoms with van der Waals surface area (Å²) in [5.41, 5.74) is 0.803. The first-order chi connectivity index (χ1) is 18.7. The Morgan fingerprint density at radius 3 is 2.33 bits per heavy atom. The van der Waals surface area contributed by atoms with Crippen LogP contribution in [0.25, 0.3) is 0 Å². The van der Waals surface area contributed by atoms with Crippen LogP contribution in [0, 0.1) is 0 Å². The molecule has 3 aliphatic rings. The Bertz CT molecular complexity index is 1260. The molecule has 0 aliphatic carbocycles. The zero-order valence-corrected chi connectivity index (χ0v) is 24.8. The molecule has 0 unspecified atom stereocenters. The SMILES string of the molecule is COc1ccc([C@H]2[C@@H](B3OC(C)(C)C(C)(C)O3)c3ccccc3N2C(=O)[C@@H]2CCCN2C(=O)OC(C)(C)C)cn1. The van der Waals surface area contributed by atoms with E-state index in [0.717, 1.165) is 23.2 Å². The lowest BCUT2D eigenvalue weighted by Gasteiger charge is -2.34. The topological polar surface area (TPSA) is 90.4 Å². The summed E-state index contributed by atoms with van der Waals surface area (Å²) in [6, 6.07) is 10.5. The average Bonchev–Trinajstić information content (AvgIpc) is 3.55. The maximum Gasteiger partial charge on any atom is 0.468 e. The number of amides is 2. The summed E-state index contributed by atoms with van der Waals surface area (Å²) in [5, 5.41) is 0. The van der Waals surface area contributed by atoms with Crippen LogP contribution in [0.2, 0.25) is 0 Å². The molecule has 0 spiro atoms. The number of fused-ring (bicyclic) bond motifs is 1. The van der Waals surface area contributed by atoms with Gasteiger partial charge in [0.05, 0.1) is 24.4 Å². The van der Waals surface area contributed by atoms with Crippen LogP contribution in [0.15, 0.2) is 42.6 Å². The number of likely N-dealkylation sites (tertiary alicyclic amines) is 1. The van der Waals surface area contributed by atoms with E-state index in [4.69, 9.17) is 18.8 Å². The lowest BCUT2D eigenvalue weighted by atomic mass is 9.64. The Hall–Kier alpha value is -3.11. The Labute approximate surface area is 237 Å². The van der Waals surface area contributed by atoms with Gasteiger partial charge in [-0.25, -0.2) is 9.78 Å². The normalized spacial score (nSPS) is 25.2. The predicted octanol–water partition coefficient (Wildman–Crippen LogP) is 5.29. The van der Waals surface area contributed by atoms with Gasteiger partial charge < -0.3 is 23.7 Å². The number of rotatable bonds is 4. The molecule has 2 saturated heterocycles. The lowest BCUT2D eigenvalue weighted by Crippen LogP contribution is -2.50. The van der Waals surface area contributed by atoms with Crippen molar-refractivity contribution in [2.75, 3.05) is 18.6 Å². The molecule has 3 aliphatic heterocycles. The Kier molecular flexibility index (Phi) is 7.15. The summed E-state index contributed by atoms with van der Waals surface area (Å²) in [7, 11) is 0.962. The number of benzene rings is 1. The maximum absolute atomic E-state index is 14.6. The number of aromatic nitrogens is 1. The molecule has 1 aromatic heterocycles. The molecule has 9 nitrogen and oxygen atoms in total. The number of para-hydroxylation sites is 1. The van der Waals surface area contributed by atoms with Crippen molar-refractivity contribution in [1.29, 1.82) is 0 Å². The molecule has 5 rings (SSSR count). The number of carbonyl (C=O) groups excluding carboxylic acids is 2. The number of ether oxygens (including phenoxy) is 2. The van der Waals surface area contributed by atoms with Crippen LogP contribution in [0.3, 0.4) is 0 Å². The van der Waals surface area contributed by atoms with E-state index in [2.05, 4.69) is 4.98 Å². The van der Waals surface area contributed by atoms with Crippen molar-refractivity contribution >= 4 is 24.8 Å². The highest BCUT2D eigenvalue weighted by atomic mass is 16.7. The third kappa shape index (κ3) is 4.96. The smallest absolute Gasteiger partial charge is 0.468 e. The number of anilines is 1. The van der Waals surface area contributed by atoms with Gasteiger partial charge in [-0.15, -0.1) is 0 Å². The van der Waals surface area contributed by atoms with Crippen molar-refractivity contribution in [2.45, 2.75) is 96.0 Å². The Balaban J connectivity index is 1.59. The molecular formula is C30H40BN3O6. The summed E-state index contributed by atoms with van der Waals surface area (Å²) in [6.45, 7) is 14.1. The van der Waals surface area contributed by atoms with Gasteiger partial charge in [-0.2, -0.15) is 0 Å². The van der Waals surface area contributed by atoms with Crippen molar-refractivity contribution < 1.29 is 28.4 Å². The summed E-state index contributed by atoms with van der Waals surface area (Å²) in [6.07, 6.45) is 2.56. The number of nitrogens with zero attached hydrogens (tertiary/aromatic N) is 3. The maximum atomic E-state index is 14.6. The van der Waals surface area contributed by atoms with E-state index < -0.39 is 42.1 Å². The standard InChI is InChI=1S/C30H40BN3O6/c1-28(2,3)38-27(36)33-17-11-14-22(33)26(35)34-21-13-10-9-12-20(21)24(31-39-29(4,5)30(6,7)40-31)25(34)19-15-16-23(37-8)32-18-19/h9-10,12-13,15-16,18,22,24-25H,11,14,17H2,1-8H3/t22-,24-,25-/m0/s1. The molecule has 3 atom stereocenters. The van der Waals surface area contributed by atoms with Gasteiger partial charge in [-0.05, 0) is 78.5 Å². The van der Waals surface area contributed by atoms with E-state index in [-0.39, 0.29) is 11.7 Å².